The van der Waals surface area contributed by atoms with Gasteiger partial charge in [0.25, 0.3) is 11.7 Å². The molecule has 3 aromatic carbocycles. The van der Waals surface area contributed by atoms with Crippen molar-refractivity contribution in [1.29, 1.82) is 0 Å². The van der Waals surface area contributed by atoms with Crippen LogP contribution in [-0.2, 0) is 9.59 Å². The number of Topliss-reactive ketones (excluding diaryl/α,β-unsaturated/α-hetero) is 1. The van der Waals surface area contributed by atoms with Gasteiger partial charge in [0.15, 0.2) is 11.5 Å². The molecule has 0 aliphatic carbocycles. The van der Waals surface area contributed by atoms with E-state index >= 15 is 0 Å². The van der Waals surface area contributed by atoms with E-state index in [1.54, 1.807) is 66.7 Å². The molecule has 8 heteroatoms. The number of aliphatic hydroxyl groups excluding tert-OH is 1. The number of rotatable bonds is 4. The maximum atomic E-state index is 13.2. The summed E-state index contributed by atoms with van der Waals surface area (Å²) in [5.74, 6) is -0.207. The van der Waals surface area contributed by atoms with Crippen LogP contribution in [0.1, 0.15) is 17.2 Å². The van der Waals surface area contributed by atoms with Crippen molar-refractivity contribution in [3.63, 3.8) is 0 Å². The van der Waals surface area contributed by atoms with E-state index in [-0.39, 0.29) is 18.1 Å². The van der Waals surface area contributed by atoms with E-state index in [4.69, 9.17) is 25.8 Å². The Morgan fingerprint density at radius 1 is 1.00 bits per heavy atom. The normalized spacial score (nSPS) is 18.6. The van der Waals surface area contributed by atoms with Crippen LogP contribution in [0.15, 0.2) is 72.3 Å². The number of methoxy groups -OCH3 is 1. The van der Waals surface area contributed by atoms with E-state index in [0.29, 0.717) is 39.1 Å². The van der Waals surface area contributed by atoms with Crippen LogP contribution < -0.4 is 19.1 Å². The highest BCUT2D eigenvalue weighted by atomic mass is 35.5. The van der Waals surface area contributed by atoms with Crippen molar-refractivity contribution in [1.82, 2.24) is 0 Å². The zero-order chi connectivity index (χ0) is 23.1. The lowest BCUT2D eigenvalue weighted by Gasteiger charge is -2.25. The fourth-order valence-corrected chi connectivity index (χ4v) is 4.12. The Labute approximate surface area is 194 Å². The molecule has 1 atom stereocenters. The number of anilines is 1. The Balaban J connectivity index is 1.68. The standard InChI is InChI=1S/C25H18ClNO6/c1-31-18-9-4-15(5-10-18)23(28)21-22(14-2-6-16(26)7-3-14)27(25(30)24(21)29)17-8-11-19-20(12-17)33-13-32-19/h2-12,22,28H,13H2,1H3/b23-21+. The van der Waals surface area contributed by atoms with E-state index < -0.39 is 17.7 Å². The first-order valence-corrected chi connectivity index (χ1v) is 10.5. The number of halogens is 1. The molecule has 5 rings (SSSR count). The van der Waals surface area contributed by atoms with Crippen LogP contribution in [0.4, 0.5) is 5.69 Å². The van der Waals surface area contributed by atoms with E-state index in [0.717, 1.165) is 0 Å². The summed E-state index contributed by atoms with van der Waals surface area (Å²) in [5.41, 5.74) is 1.42. The summed E-state index contributed by atoms with van der Waals surface area (Å²) in [6, 6.07) is 17.5. The van der Waals surface area contributed by atoms with Gasteiger partial charge in [-0.3, -0.25) is 14.5 Å². The van der Waals surface area contributed by atoms with Gasteiger partial charge in [0.05, 0.1) is 18.7 Å². The van der Waals surface area contributed by atoms with Crippen molar-refractivity contribution < 1.29 is 28.9 Å². The number of hydrogen-bond donors (Lipinski definition) is 1. The van der Waals surface area contributed by atoms with E-state index in [9.17, 15) is 14.7 Å². The fourth-order valence-electron chi connectivity index (χ4n) is 4.00. The first-order valence-electron chi connectivity index (χ1n) is 10.1. The molecule has 0 aromatic heterocycles. The molecule has 1 N–H and O–H groups in total. The lowest BCUT2D eigenvalue weighted by molar-refractivity contribution is -0.132. The van der Waals surface area contributed by atoms with E-state index in [2.05, 4.69) is 0 Å². The maximum Gasteiger partial charge on any atom is 0.300 e. The van der Waals surface area contributed by atoms with Gasteiger partial charge in [-0.2, -0.15) is 0 Å². The summed E-state index contributed by atoms with van der Waals surface area (Å²) in [6.45, 7) is 0.0791. The minimum atomic E-state index is -0.871. The Kier molecular flexibility index (Phi) is 5.18. The number of carbonyl (C=O) groups excluding carboxylic acids is 2. The van der Waals surface area contributed by atoms with Gasteiger partial charge in [-0.1, -0.05) is 23.7 Å². The molecule has 2 heterocycles. The number of ketones is 1. The number of amides is 1. The molecule has 7 nitrogen and oxygen atoms in total. The van der Waals surface area contributed by atoms with Crippen LogP contribution in [0.25, 0.3) is 5.76 Å². The zero-order valence-corrected chi connectivity index (χ0v) is 18.2. The summed E-state index contributed by atoms with van der Waals surface area (Å²) in [7, 11) is 1.53. The molecule has 0 radical (unpaired) electrons. The molecular formula is C25H18ClNO6. The number of fused-ring (bicyclic) bond motifs is 1. The molecule has 1 saturated heterocycles. The molecule has 0 saturated carbocycles. The molecule has 2 aliphatic rings. The second kappa shape index (κ2) is 8.18. The largest absolute Gasteiger partial charge is 0.507 e. The molecule has 2 aliphatic heterocycles. The Morgan fingerprint density at radius 3 is 2.39 bits per heavy atom. The smallest absolute Gasteiger partial charge is 0.300 e. The number of benzene rings is 3. The maximum absolute atomic E-state index is 13.2. The Bertz CT molecular complexity index is 1280. The summed E-state index contributed by atoms with van der Waals surface area (Å²) in [4.78, 5) is 27.8. The number of nitrogens with zero attached hydrogens (tertiary/aromatic N) is 1. The topological polar surface area (TPSA) is 85.3 Å². The van der Waals surface area contributed by atoms with Gasteiger partial charge >= 0.3 is 0 Å². The zero-order valence-electron chi connectivity index (χ0n) is 17.4. The van der Waals surface area contributed by atoms with Gasteiger partial charge in [-0.15, -0.1) is 0 Å². The van der Waals surface area contributed by atoms with Crippen molar-refractivity contribution in [3.8, 4) is 17.2 Å². The molecule has 0 spiro atoms. The van der Waals surface area contributed by atoms with Crippen molar-refractivity contribution in [2.45, 2.75) is 6.04 Å². The summed E-state index contributed by atoms with van der Waals surface area (Å²) < 4.78 is 16.0. The lowest BCUT2D eigenvalue weighted by atomic mass is 9.95. The molecule has 3 aromatic rings. The second-order valence-electron chi connectivity index (χ2n) is 7.49. The summed E-state index contributed by atoms with van der Waals surface area (Å²) >= 11 is 6.07. The van der Waals surface area contributed by atoms with Crippen molar-refractivity contribution >= 4 is 34.7 Å². The molecule has 1 amide bonds. The third-order valence-electron chi connectivity index (χ3n) is 5.63. The van der Waals surface area contributed by atoms with Gasteiger partial charge in [0, 0.05) is 22.3 Å². The van der Waals surface area contributed by atoms with Gasteiger partial charge in [0.2, 0.25) is 6.79 Å². The molecule has 166 valence electrons. The second-order valence-corrected chi connectivity index (χ2v) is 7.92. The first kappa shape index (κ1) is 20.9. The highest BCUT2D eigenvalue weighted by Crippen LogP contribution is 2.45. The van der Waals surface area contributed by atoms with Crippen LogP contribution >= 0.6 is 11.6 Å². The summed E-state index contributed by atoms with van der Waals surface area (Å²) in [5, 5.41) is 11.7. The SMILES string of the molecule is COc1ccc(/C(O)=C2\C(=O)C(=O)N(c3ccc4c(c3)OCO4)C2c2ccc(Cl)cc2)cc1. The van der Waals surface area contributed by atoms with E-state index in [1.165, 1.54) is 12.0 Å². The molecule has 1 unspecified atom stereocenters. The van der Waals surface area contributed by atoms with Gasteiger partial charge in [-0.25, -0.2) is 0 Å². The van der Waals surface area contributed by atoms with Crippen LogP contribution in [0.3, 0.4) is 0 Å². The number of aliphatic hydroxyl groups is 1. The van der Waals surface area contributed by atoms with Gasteiger partial charge in [-0.05, 0) is 54.1 Å². The fraction of sp³-hybridized carbons (Fsp3) is 0.120. The quantitative estimate of drug-likeness (QED) is 0.343. The minimum absolute atomic E-state index is 0.0230. The number of hydrogen-bond acceptors (Lipinski definition) is 6. The van der Waals surface area contributed by atoms with Crippen molar-refractivity contribution in [3.05, 3.63) is 88.5 Å². The van der Waals surface area contributed by atoms with Gasteiger partial charge in [0.1, 0.15) is 11.5 Å². The number of ether oxygens (including phenoxy) is 3. The highest BCUT2D eigenvalue weighted by molar-refractivity contribution is 6.51. The average molecular weight is 464 g/mol. The van der Waals surface area contributed by atoms with Crippen LogP contribution in [0, 0.1) is 0 Å². The van der Waals surface area contributed by atoms with Crippen molar-refractivity contribution in [2.24, 2.45) is 0 Å². The van der Waals surface area contributed by atoms with Crippen LogP contribution in [0.5, 0.6) is 17.2 Å². The third kappa shape index (κ3) is 3.56. The van der Waals surface area contributed by atoms with Crippen molar-refractivity contribution in [2.75, 3.05) is 18.8 Å². The van der Waals surface area contributed by atoms with E-state index in [1.807, 2.05) is 0 Å². The minimum Gasteiger partial charge on any atom is -0.507 e. The summed E-state index contributed by atoms with van der Waals surface area (Å²) in [6.07, 6.45) is 0. The highest BCUT2D eigenvalue weighted by Gasteiger charge is 2.47. The Morgan fingerprint density at radius 2 is 1.70 bits per heavy atom. The predicted octanol–water partition coefficient (Wildman–Crippen LogP) is 4.70. The molecular weight excluding hydrogens is 446 g/mol. The monoisotopic (exact) mass is 463 g/mol. The molecule has 33 heavy (non-hydrogen) atoms. The number of carbonyl (C=O) groups is 2. The lowest BCUT2D eigenvalue weighted by Crippen LogP contribution is -2.29. The first-order chi connectivity index (χ1) is 16.0. The van der Waals surface area contributed by atoms with Crippen LogP contribution in [-0.4, -0.2) is 30.7 Å². The molecule has 1 fully saturated rings. The molecule has 0 bridgehead atoms. The van der Waals surface area contributed by atoms with Crippen LogP contribution in [0.2, 0.25) is 5.02 Å². The third-order valence-corrected chi connectivity index (χ3v) is 5.88. The Hall–Kier alpha value is -3.97. The predicted molar refractivity (Wildman–Crippen MR) is 122 cm³/mol. The average Bonchev–Trinajstić information content (AvgIpc) is 3.41. The van der Waals surface area contributed by atoms with Gasteiger partial charge < -0.3 is 19.3 Å².